The minimum Gasteiger partial charge on any atom is -0.306 e. The number of benzene rings is 1. The molecule has 106 valence electrons. The Bertz CT molecular complexity index is 622. The predicted octanol–water partition coefficient (Wildman–Crippen LogP) is 3.89. The smallest absolute Gasteiger partial charge is 0.0637 e. The van der Waals surface area contributed by atoms with Crippen LogP contribution in [0.15, 0.2) is 24.4 Å². The maximum atomic E-state index is 6.23. The third kappa shape index (κ3) is 2.58. The highest BCUT2D eigenvalue weighted by Crippen LogP contribution is 2.30. The fourth-order valence-electron chi connectivity index (χ4n) is 2.84. The first-order valence-electron chi connectivity index (χ1n) is 6.84. The Kier molecular flexibility index (Phi) is 4.01. The van der Waals surface area contributed by atoms with Crippen LogP contribution in [0.1, 0.15) is 35.7 Å². The summed E-state index contributed by atoms with van der Waals surface area (Å²) in [7, 11) is 2.01. The molecule has 3 rings (SSSR count). The molecule has 5 heteroatoms. The van der Waals surface area contributed by atoms with E-state index in [4.69, 9.17) is 23.2 Å². The molecule has 3 nitrogen and oxygen atoms in total. The van der Waals surface area contributed by atoms with Gasteiger partial charge in [0.25, 0.3) is 0 Å². The first-order chi connectivity index (χ1) is 9.66. The normalized spacial score (nSPS) is 18.1. The number of halogens is 2. The van der Waals surface area contributed by atoms with Gasteiger partial charge in [0.1, 0.15) is 0 Å². The Balaban J connectivity index is 1.75. The lowest BCUT2D eigenvalue weighted by molar-refractivity contribution is 0.452. The van der Waals surface area contributed by atoms with Gasteiger partial charge in [-0.2, -0.15) is 5.10 Å². The minimum atomic E-state index is 0.350. The first kappa shape index (κ1) is 13.9. The lowest BCUT2D eigenvalue weighted by Crippen LogP contribution is -2.25. The van der Waals surface area contributed by atoms with E-state index in [1.165, 1.54) is 17.7 Å². The van der Waals surface area contributed by atoms with Gasteiger partial charge in [0.15, 0.2) is 0 Å². The topological polar surface area (TPSA) is 29.9 Å². The van der Waals surface area contributed by atoms with Crippen LogP contribution in [-0.2, 0) is 20.0 Å². The zero-order valence-corrected chi connectivity index (χ0v) is 12.9. The number of hydrogen-bond donors (Lipinski definition) is 1. The van der Waals surface area contributed by atoms with Crippen LogP contribution in [0.3, 0.4) is 0 Å². The van der Waals surface area contributed by atoms with Crippen LogP contribution in [0.4, 0.5) is 0 Å². The Labute approximate surface area is 128 Å². The van der Waals surface area contributed by atoms with Gasteiger partial charge in [0, 0.05) is 30.9 Å². The average molecular weight is 310 g/mol. The van der Waals surface area contributed by atoms with Crippen molar-refractivity contribution in [2.75, 3.05) is 0 Å². The fourth-order valence-corrected chi connectivity index (χ4v) is 3.22. The van der Waals surface area contributed by atoms with Crippen LogP contribution < -0.4 is 5.32 Å². The van der Waals surface area contributed by atoms with E-state index >= 15 is 0 Å². The molecule has 0 aliphatic heterocycles. The lowest BCUT2D eigenvalue weighted by Gasteiger charge is -2.24. The van der Waals surface area contributed by atoms with E-state index in [2.05, 4.69) is 10.4 Å². The maximum Gasteiger partial charge on any atom is 0.0637 e. The largest absolute Gasteiger partial charge is 0.306 e. The van der Waals surface area contributed by atoms with E-state index in [9.17, 15) is 0 Å². The van der Waals surface area contributed by atoms with E-state index in [1.807, 2.05) is 36.1 Å². The van der Waals surface area contributed by atoms with Crippen molar-refractivity contribution in [3.8, 4) is 0 Å². The molecule has 2 aromatic rings. The van der Waals surface area contributed by atoms with Crippen molar-refractivity contribution in [3.63, 3.8) is 0 Å². The molecule has 0 fully saturated rings. The molecule has 1 aliphatic carbocycles. The molecule has 0 bridgehead atoms. The highest BCUT2D eigenvalue weighted by Gasteiger charge is 2.23. The number of aromatic nitrogens is 2. The molecule has 0 radical (unpaired) electrons. The monoisotopic (exact) mass is 309 g/mol. The standard InChI is InChI=1S/C15H17Cl2N3/c1-20-14-7-3-6-13(11(14)9-19-20)18-8-10-4-2-5-12(16)15(10)17/h2,4-5,9,13,18H,3,6-8H2,1H3. The molecule has 1 atom stereocenters. The van der Waals surface area contributed by atoms with Crippen molar-refractivity contribution in [1.82, 2.24) is 15.1 Å². The summed E-state index contributed by atoms with van der Waals surface area (Å²) in [6, 6.07) is 6.10. The van der Waals surface area contributed by atoms with Crippen molar-refractivity contribution in [2.45, 2.75) is 31.8 Å². The summed E-state index contributed by atoms with van der Waals surface area (Å²) in [4.78, 5) is 0. The zero-order valence-electron chi connectivity index (χ0n) is 11.4. The molecule has 1 aromatic carbocycles. The molecule has 0 saturated carbocycles. The molecule has 0 amide bonds. The summed E-state index contributed by atoms with van der Waals surface area (Å²) in [6.07, 6.45) is 5.41. The van der Waals surface area contributed by atoms with Crippen molar-refractivity contribution in [3.05, 3.63) is 51.3 Å². The molecule has 1 unspecified atom stereocenters. The summed E-state index contributed by atoms with van der Waals surface area (Å²) < 4.78 is 1.98. The molecular weight excluding hydrogens is 293 g/mol. The number of aryl methyl sites for hydroxylation is 1. The van der Waals surface area contributed by atoms with Gasteiger partial charge in [0.2, 0.25) is 0 Å². The second kappa shape index (κ2) is 5.76. The zero-order chi connectivity index (χ0) is 14.1. The van der Waals surface area contributed by atoms with E-state index in [-0.39, 0.29) is 0 Å². The SMILES string of the molecule is Cn1ncc2c1CCCC2NCc1cccc(Cl)c1Cl. The molecule has 1 aliphatic rings. The Hall–Kier alpha value is -1.03. The molecule has 0 spiro atoms. The summed E-state index contributed by atoms with van der Waals surface area (Å²) in [5, 5.41) is 9.19. The second-order valence-electron chi connectivity index (χ2n) is 5.21. The fraction of sp³-hybridized carbons (Fsp3) is 0.400. The van der Waals surface area contributed by atoms with Crippen LogP contribution in [0.2, 0.25) is 10.0 Å². The Morgan fingerprint density at radius 1 is 1.40 bits per heavy atom. The summed E-state index contributed by atoms with van der Waals surface area (Å²) in [6.45, 7) is 0.721. The van der Waals surface area contributed by atoms with Gasteiger partial charge >= 0.3 is 0 Å². The van der Waals surface area contributed by atoms with Gasteiger partial charge in [0.05, 0.1) is 16.2 Å². The lowest BCUT2D eigenvalue weighted by atomic mass is 9.93. The van der Waals surface area contributed by atoms with Gasteiger partial charge in [-0.3, -0.25) is 4.68 Å². The van der Waals surface area contributed by atoms with Gasteiger partial charge in [-0.15, -0.1) is 0 Å². The minimum absolute atomic E-state index is 0.350. The van der Waals surface area contributed by atoms with Gasteiger partial charge < -0.3 is 5.32 Å². The van der Waals surface area contributed by atoms with E-state index < -0.39 is 0 Å². The van der Waals surface area contributed by atoms with E-state index in [0.29, 0.717) is 16.1 Å². The summed E-state index contributed by atoms with van der Waals surface area (Å²) in [5.41, 5.74) is 3.69. The maximum absolute atomic E-state index is 6.23. The van der Waals surface area contributed by atoms with Crippen LogP contribution >= 0.6 is 23.2 Å². The van der Waals surface area contributed by atoms with Gasteiger partial charge in [-0.25, -0.2) is 0 Å². The van der Waals surface area contributed by atoms with Crippen molar-refractivity contribution < 1.29 is 0 Å². The molecule has 0 saturated heterocycles. The second-order valence-corrected chi connectivity index (χ2v) is 5.99. The quantitative estimate of drug-likeness (QED) is 0.932. The summed E-state index contributed by atoms with van der Waals surface area (Å²) in [5.74, 6) is 0. The predicted molar refractivity (Wildman–Crippen MR) is 82.2 cm³/mol. The number of fused-ring (bicyclic) bond motifs is 1. The number of nitrogens with one attached hydrogen (secondary N) is 1. The first-order valence-corrected chi connectivity index (χ1v) is 7.59. The number of rotatable bonds is 3. The Morgan fingerprint density at radius 2 is 2.25 bits per heavy atom. The van der Waals surface area contributed by atoms with Crippen molar-refractivity contribution in [1.29, 1.82) is 0 Å². The number of hydrogen-bond acceptors (Lipinski definition) is 2. The number of nitrogens with zero attached hydrogens (tertiary/aromatic N) is 2. The van der Waals surface area contributed by atoms with Crippen LogP contribution in [0.5, 0.6) is 0 Å². The van der Waals surface area contributed by atoms with Crippen LogP contribution in [0.25, 0.3) is 0 Å². The molecule has 1 heterocycles. The average Bonchev–Trinajstić information content (AvgIpc) is 2.83. The highest BCUT2D eigenvalue weighted by atomic mass is 35.5. The van der Waals surface area contributed by atoms with Crippen molar-refractivity contribution in [2.24, 2.45) is 7.05 Å². The molecular formula is C15H17Cl2N3. The van der Waals surface area contributed by atoms with E-state index in [0.717, 1.165) is 24.9 Å². The van der Waals surface area contributed by atoms with Gasteiger partial charge in [-0.1, -0.05) is 35.3 Å². The molecule has 1 N–H and O–H groups in total. The van der Waals surface area contributed by atoms with Crippen molar-refractivity contribution >= 4 is 23.2 Å². The summed E-state index contributed by atoms with van der Waals surface area (Å²) >= 11 is 12.3. The molecule has 20 heavy (non-hydrogen) atoms. The van der Waals surface area contributed by atoms with Crippen LogP contribution in [-0.4, -0.2) is 9.78 Å². The third-order valence-electron chi connectivity index (χ3n) is 3.95. The third-order valence-corrected chi connectivity index (χ3v) is 4.80. The molecule has 1 aromatic heterocycles. The Morgan fingerprint density at radius 3 is 3.10 bits per heavy atom. The van der Waals surface area contributed by atoms with Gasteiger partial charge in [-0.05, 0) is 30.9 Å². The van der Waals surface area contributed by atoms with Crippen LogP contribution in [0, 0.1) is 0 Å². The van der Waals surface area contributed by atoms with E-state index in [1.54, 1.807) is 0 Å². The highest BCUT2D eigenvalue weighted by molar-refractivity contribution is 6.42.